The SMILES string of the molecule is CCCCc1nc2ccccc2n1CCCOc1cccc(N)c1. The molecule has 0 bridgehead atoms. The average molecular weight is 323 g/mol. The number of hydrogen-bond acceptors (Lipinski definition) is 3. The first-order chi connectivity index (χ1) is 11.8. The molecule has 3 rings (SSSR count). The van der Waals surface area contributed by atoms with Crippen molar-refractivity contribution in [2.75, 3.05) is 12.3 Å². The molecule has 0 spiro atoms. The predicted molar refractivity (Wildman–Crippen MR) is 99.3 cm³/mol. The van der Waals surface area contributed by atoms with Crippen molar-refractivity contribution in [3.8, 4) is 5.75 Å². The fourth-order valence-corrected chi connectivity index (χ4v) is 2.92. The number of aryl methyl sites for hydroxylation is 2. The normalized spacial score (nSPS) is 11.0. The molecule has 0 unspecified atom stereocenters. The van der Waals surface area contributed by atoms with Crippen LogP contribution in [0.4, 0.5) is 5.69 Å². The maximum Gasteiger partial charge on any atom is 0.121 e. The van der Waals surface area contributed by atoms with Gasteiger partial charge in [0.05, 0.1) is 17.6 Å². The molecular weight excluding hydrogens is 298 g/mol. The number of anilines is 1. The summed E-state index contributed by atoms with van der Waals surface area (Å²) in [6, 6.07) is 15.9. The van der Waals surface area contributed by atoms with Crippen molar-refractivity contribution >= 4 is 16.7 Å². The third kappa shape index (κ3) is 3.88. The Kier molecular flexibility index (Phi) is 5.36. The summed E-state index contributed by atoms with van der Waals surface area (Å²) in [4.78, 5) is 4.80. The second-order valence-corrected chi connectivity index (χ2v) is 6.05. The number of unbranched alkanes of at least 4 members (excludes halogenated alkanes) is 1. The van der Waals surface area contributed by atoms with Crippen LogP contribution in [0.15, 0.2) is 48.5 Å². The topological polar surface area (TPSA) is 53.1 Å². The Balaban J connectivity index is 1.65. The van der Waals surface area contributed by atoms with Gasteiger partial charge in [0.25, 0.3) is 0 Å². The third-order valence-electron chi connectivity index (χ3n) is 4.14. The van der Waals surface area contributed by atoms with Crippen molar-refractivity contribution in [3.63, 3.8) is 0 Å². The Labute approximate surface area is 143 Å². The summed E-state index contributed by atoms with van der Waals surface area (Å²) in [5.74, 6) is 2.01. The number of nitrogens with zero attached hydrogens (tertiary/aromatic N) is 2. The highest BCUT2D eigenvalue weighted by atomic mass is 16.5. The Morgan fingerprint density at radius 3 is 2.79 bits per heavy atom. The Morgan fingerprint density at radius 1 is 1.08 bits per heavy atom. The molecule has 2 aromatic carbocycles. The van der Waals surface area contributed by atoms with Crippen molar-refractivity contribution < 1.29 is 4.74 Å². The molecule has 1 aromatic heterocycles. The highest BCUT2D eigenvalue weighted by Gasteiger charge is 2.09. The first-order valence-electron chi connectivity index (χ1n) is 8.70. The van der Waals surface area contributed by atoms with Crippen molar-refractivity contribution in [2.45, 2.75) is 39.2 Å². The number of nitrogen functional groups attached to an aromatic ring is 1. The summed E-state index contributed by atoms with van der Waals surface area (Å²) >= 11 is 0. The molecule has 0 fully saturated rings. The highest BCUT2D eigenvalue weighted by Crippen LogP contribution is 2.19. The summed E-state index contributed by atoms with van der Waals surface area (Å²) in [6.07, 6.45) is 4.32. The molecule has 4 nitrogen and oxygen atoms in total. The van der Waals surface area contributed by atoms with Gasteiger partial charge in [0.15, 0.2) is 0 Å². The summed E-state index contributed by atoms with van der Waals surface area (Å²) in [7, 11) is 0. The molecule has 0 saturated carbocycles. The number of para-hydroxylation sites is 2. The third-order valence-corrected chi connectivity index (χ3v) is 4.14. The van der Waals surface area contributed by atoms with Gasteiger partial charge in [-0.05, 0) is 37.1 Å². The summed E-state index contributed by atoms with van der Waals surface area (Å²) in [6.45, 7) is 3.80. The number of nitrogens with two attached hydrogens (primary N) is 1. The molecule has 24 heavy (non-hydrogen) atoms. The van der Waals surface area contributed by atoms with Crippen LogP contribution in [0.3, 0.4) is 0 Å². The maximum atomic E-state index is 5.80. The average Bonchev–Trinajstić information content (AvgIpc) is 2.94. The van der Waals surface area contributed by atoms with Gasteiger partial charge in [-0.3, -0.25) is 0 Å². The van der Waals surface area contributed by atoms with E-state index in [9.17, 15) is 0 Å². The Morgan fingerprint density at radius 2 is 1.96 bits per heavy atom. The molecular formula is C20H25N3O. The van der Waals surface area contributed by atoms with E-state index in [1.54, 1.807) is 0 Å². The summed E-state index contributed by atoms with van der Waals surface area (Å²) < 4.78 is 8.15. The van der Waals surface area contributed by atoms with E-state index < -0.39 is 0 Å². The van der Waals surface area contributed by atoms with Crippen LogP contribution in [-0.4, -0.2) is 16.2 Å². The van der Waals surface area contributed by atoms with Gasteiger partial charge < -0.3 is 15.0 Å². The van der Waals surface area contributed by atoms with Crippen molar-refractivity contribution in [1.82, 2.24) is 9.55 Å². The lowest BCUT2D eigenvalue weighted by Crippen LogP contribution is -2.08. The van der Waals surface area contributed by atoms with E-state index in [4.69, 9.17) is 15.5 Å². The van der Waals surface area contributed by atoms with Gasteiger partial charge >= 0.3 is 0 Å². The zero-order chi connectivity index (χ0) is 16.8. The molecule has 0 aliphatic rings. The van der Waals surface area contributed by atoms with Crippen LogP contribution in [0.25, 0.3) is 11.0 Å². The molecule has 0 radical (unpaired) electrons. The lowest BCUT2D eigenvalue weighted by atomic mass is 10.2. The minimum absolute atomic E-state index is 0.670. The molecule has 0 amide bonds. The summed E-state index contributed by atoms with van der Waals surface area (Å²) in [5.41, 5.74) is 8.81. The standard InChI is InChI=1S/C20H25N3O/c1-2-3-12-20-22-18-10-4-5-11-19(18)23(20)13-7-14-24-17-9-6-8-16(21)15-17/h4-6,8-11,15H,2-3,7,12-14,21H2,1H3. The molecule has 0 aliphatic heterocycles. The van der Waals surface area contributed by atoms with E-state index in [1.807, 2.05) is 30.3 Å². The molecule has 126 valence electrons. The molecule has 0 aliphatic carbocycles. The summed E-state index contributed by atoms with van der Waals surface area (Å²) in [5, 5.41) is 0. The Bertz CT molecular complexity index is 794. The van der Waals surface area contributed by atoms with Crippen molar-refractivity contribution in [2.24, 2.45) is 0 Å². The van der Waals surface area contributed by atoms with Crippen LogP contribution in [0.2, 0.25) is 0 Å². The Hall–Kier alpha value is -2.49. The second-order valence-electron chi connectivity index (χ2n) is 6.05. The van der Waals surface area contributed by atoms with E-state index >= 15 is 0 Å². The van der Waals surface area contributed by atoms with Gasteiger partial charge in [-0.15, -0.1) is 0 Å². The van der Waals surface area contributed by atoms with Gasteiger partial charge in [0.2, 0.25) is 0 Å². The quantitative estimate of drug-likeness (QED) is 0.493. The van der Waals surface area contributed by atoms with Crippen LogP contribution >= 0.6 is 0 Å². The molecule has 2 N–H and O–H groups in total. The smallest absolute Gasteiger partial charge is 0.121 e. The minimum Gasteiger partial charge on any atom is -0.493 e. The maximum absolute atomic E-state index is 5.80. The molecule has 3 aromatic rings. The van der Waals surface area contributed by atoms with E-state index in [0.717, 1.165) is 36.3 Å². The van der Waals surface area contributed by atoms with Crippen LogP contribution < -0.4 is 10.5 Å². The monoisotopic (exact) mass is 323 g/mol. The van der Waals surface area contributed by atoms with Crippen LogP contribution in [0.5, 0.6) is 5.75 Å². The van der Waals surface area contributed by atoms with Gasteiger partial charge in [-0.25, -0.2) is 4.98 Å². The number of benzene rings is 2. The predicted octanol–water partition coefficient (Wildman–Crippen LogP) is 4.43. The number of ether oxygens (including phenoxy) is 1. The minimum atomic E-state index is 0.670. The first-order valence-corrected chi connectivity index (χ1v) is 8.70. The zero-order valence-electron chi connectivity index (χ0n) is 14.2. The van der Waals surface area contributed by atoms with E-state index in [2.05, 4.69) is 29.7 Å². The van der Waals surface area contributed by atoms with Gasteiger partial charge in [0, 0.05) is 24.7 Å². The fraction of sp³-hybridized carbons (Fsp3) is 0.350. The van der Waals surface area contributed by atoms with Crippen LogP contribution in [0, 0.1) is 0 Å². The fourth-order valence-electron chi connectivity index (χ4n) is 2.92. The molecule has 4 heteroatoms. The number of hydrogen-bond donors (Lipinski definition) is 1. The van der Waals surface area contributed by atoms with Crippen molar-refractivity contribution in [1.29, 1.82) is 0 Å². The number of imidazole rings is 1. The highest BCUT2D eigenvalue weighted by molar-refractivity contribution is 5.75. The first kappa shape index (κ1) is 16.4. The number of rotatable bonds is 8. The zero-order valence-corrected chi connectivity index (χ0v) is 14.2. The van der Waals surface area contributed by atoms with Crippen LogP contribution in [-0.2, 0) is 13.0 Å². The van der Waals surface area contributed by atoms with E-state index in [0.29, 0.717) is 6.61 Å². The van der Waals surface area contributed by atoms with Crippen LogP contribution in [0.1, 0.15) is 32.0 Å². The second kappa shape index (κ2) is 7.86. The number of fused-ring (bicyclic) bond motifs is 1. The van der Waals surface area contributed by atoms with Gasteiger partial charge in [0.1, 0.15) is 11.6 Å². The number of aromatic nitrogens is 2. The van der Waals surface area contributed by atoms with E-state index in [-0.39, 0.29) is 0 Å². The van der Waals surface area contributed by atoms with Gasteiger partial charge in [-0.2, -0.15) is 0 Å². The molecule has 1 heterocycles. The largest absolute Gasteiger partial charge is 0.493 e. The van der Waals surface area contributed by atoms with Crippen molar-refractivity contribution in [3.05, 3.63) is 54.4 Å². The molecule has 0 atom stereocenters. The van der Waals surface area contributed by atoms with E-state index in [1.165, 1.54) is 24.2 Å². The molecule has 0 saturated heterocycles. The lowest BCUT2D eigenvalue weighted by Gasteiger charge is -2.10. The lowest BCUT2D eigenvalue weighted by molar-refractivity contribution is 0.302. The van der Waals surface area contributed by atoms with Gasteiger partial charge in [-0.1, -0.05) is 31.5 Å².